The van der Waals surface area contributed by atoms with Gasteiger partial charge in [-0.1, -0.05) is 194 Å². The molecule has 0 amide bonds. The number of fused-ring (bicyclic) bond motifs is 17. The second-order valence-electron chi connectivity index (χ2n) is 18.3. The molecule has 3 aromatic heterocycles. The van der Waals surface area contributed by atoms with E-state index >= 15 is 0 Å². The molecule has 3 heteroatoms. The predicted molar refractivity (Wildman–Crippen MR) is 290 cm³/mol. The van der Waals surface area contributed by atoms with Gasteiger partial charge in [0.05, 0.1) is 44.5 Å². The molecule has 0 spiro atoms. The molecule has 15 rings (SSSR count). The van der Waals surface area contributed by atoms with Crippen LogP contribution in [0.4, 0.5) is 0 Å². The Labute approximate surface area is 398 Å². The van der Waals surface area contributed by atoms with Crippen molar-refractivity contribution in [2.45, 2.75) is 0 Å². The van der Waals surface area contributed by atoms with Crippen LogP contribution >= 0.6 is 0 Å². The van der Waals surface area contributed by atoms with E-state index in [0.29, 0.717) is 0 Å². The molecule has 0 atom stereocenters. The van der Waals surface area contributed by atoms with Gasteiger partial charge in [-0.25, -0.2) is 0 Å². The SMILES string of the molecule is c1ccc2c(c1)-c1ccccc1-c1ccc(-c3ccccc3-n3c4ccccc4c4ccccc43)c(-n3c4ccccc4c4cc(-n5c6ccccc6c6ccccc65)ccc43)c1-c1ccccc1-2. The second kappa shape index (κ2) is 14.7. The van der Waals surface area contributed by atoms with Crippen LogP contribution in [0, 0.1) is 0 Å². The minimum atomic E-state index is 1.13. The van der Waals surface area contributed by atoms with Crippen molar-refractivity contribution in [2.75, 3.05) is 0 Å². The van der Waals surface area contributed by atoms with Crippen LogP contribution in [0.15, 0.2) is 249 Å². The van der Waals surface area contributed by atoms with Gasteiger partial charge in [0.25, 0.3) is 0 Å². The van der Waals surface area contributed by atoms with Crippen LogP contribution in [0.25, 0.3) is 138 Å². The Morgan fingerprint density at radius 1 is 0.203 bits per heavy atom. The lowest BCUT2D eigenvalue weighted by Crippen LogP contribution is -2.06. The maximum absolute atomic E-state index is 2.59. The molecule has 3 nitrogen and oxygen atoms in total. The zero-order valence-electron chi connectivity index (χ0n) is 37.5. The van der Waals surface area contributed by atoms with E-state index in [4.69, 9.17) is 0 Å². The maximum Gasteiger partial charge on any atom is 0.0626 e. The molecule has 0 fully saturated rings. The van der Waals surface area contributed by atoms with Gasteiger partial charge in [0.1, 0.15) is 0 Å². The van der Waals surface area contributed by atoms with Crippen LogP contribution in [-0.4, -0.2) is 13.7 Å². The quantitative estimate of drug-likeness (QED) is 0.167. The topological polar surface area (TPSA) is 14.8 Å². The molecule has 1 aliphatic rings. The van der Waals surface area contributed by atoms with Gasteiger partial charge in [0.15, 0.2) is 0 Å². The van der Waals surface area contributed by atoms with E-state index in [0.717, 1.165) is 39.2 Å². The first-order chi connectivity index (χ1) is 34.3. The first-order valence-corrected chi connectivity index (χ1v) is 23.9. The molecular weight excluding hydrogens is 835 g/mol. The van der Waals surface area contributed by atoms with Crippen molar-refractivity contribution in [1.82, 2.24) is 13.7 Å². The number of para-hydroxylation sites is 6. The van der Waals surface area contributed by atoms with Crippen molar-refractivity contribution in [2.24, 2.45) is 0 Å². The third-order valence-electron chi connectivity index (χ3n) is 14.8. The van der Waals surface area contributed by atoms with Gasteiger partial charge in [0.2, 0.25) is 0 Å². The second-order valence-corrected chi connectivity index (χ2v) is 18.3. The van der Waals surface area contributed by atoms with E-state index in [1.54, 1.807) is 0 Å². The lowest BCUT2D eigenvalue weighted by molar-refractivity contribution is 1.16. The highest BCUT2D eigenvalue weighted by Crippen LogP contribution is 2.53. The molecule has 14 aromatic rings. The average Bonchev–Trinajstić information content (AvgIpc) is 4.06. The zero-order valence-corrected chi connectivity index (χ0v) is 37.5. The third-order valence-corrected chi connectivity index (χ3v) is 14.8. The van der Waals surface area contributed by atoms with Crippen molar-refractivity contribution in [3.63, 3.8) is 0 Å². The summed E-state index contributed by atoms with van der Waals surface area (Å²) >= 11 is 0. The Bertz CT molecular complexity index is 4330. The molecule has 0 bridgehead atoms. The molecule has 1 aliphatic carbocycles. The summed E-state index contributed by atoms with van der Waals surface area (Å²) in [6, 6.07) is 92.2. The standard InChI is InChI=1S/C66H41N3/c1-2-20-44-43(19-1)45-21-3-4-23-47(45)55-38-39-56(52-28-11-17-35-62(52)68-60-33-15-9-26-50(60)51-27-10-16-34-61(51)68)66(65(55)54-30-6-5-22-46(44)54)69-63-36-18-12-29-53(63)57-41-42(37-40-64(57)69)67-58-31-13-7-24-48(58)49-25-8-14-32-59(49)67/h1-41H. The van der Waals surface area contributed by atoms with Gasteiger partial charge in [-0.2, -0.15) is 0 Å². The molecule has 0 N–H and O–H groups in total. The van der Waals surface area contributed by atoms with Crippen LogP contribution in [0.1, 0.15) is 0 Å². The molecule has 0 saturated heterocycles. The number of nitrogens with zero attached hydrogens (tertiary/aromatic N) is 3. The van der Waals surface area contributed by atoms with Gasteiger partial charge >= 0.3 is 0 Å². The van der Waals surface area contributed by atoms with Gasteiger partial charge in [-0.3, -0.25) is 0 Å². The van der Waals surface area contributed by atoms with Crippen LogP contribution in [0.5, 0.6) is 0 Å². The Morgan fingerprint density at radius 2 is 0.551 bits per heavy atom. The molecule has 11 aromatic carbocycles. The summed E-state index contributed by atoms with van der Waals surface area (Å²) in [5.41, 5.74) is 22.5. The first-order valence-electron chi connectivity index (χ1n) is 23.9. The molecule has 0 saturated carbocycles. The largest absolute Gasteiger partial charge is 0.309 e. The number of aromatic nitrogens is 3. The fraction of sp³-hybridized carbons (Fsp3) is 0. The summed E-state index contributed by atoms with van der Waals surface area (Å²) < 4.78 is 7.50. The highest BCUT2D eigenvalue weighted by molar-refractivity contribution is 6.16. The minimum Gasteiger partial charge on any atom is -0.309 e. The summed E-state index contributed by atoms with van der Waals surface area (Å²) in [7, 11) is 0. The van der Waals surface area contributed by atoms with Crippen molar-refractivity contribution >= 4 is 65.4 Å². The molecular formula is C66H41N3. The molecule has 69 heavy (non-hydrogen) atoms. The number of rotatable bonds is 4. The summed E-state index contributed by atoms with van der Waals surface area (Å²) in [5, 5.41) is 7.41. The normalized spacial score (nSPS) is 12.1. The van der Waals surface area contributed by atoms with Crippen molar-refractivity contribution < 1.29 is 0 Å². The Balaban J connectivity index is 1.11. The Morgan fingerprint density at radius 3 is 1.07 bits per heavy atom. The highest BCUT2D eigenvalue weighted by atomic mass is 15.0. The molecule has 0 radical (unpaired) electrons. The highest BCUT2D eigenvalue weighted by Gasteiger charge is 2.29. The van der Waals surface area contributed by atoms with Gasteiger partial charge in [0, 0.05) is 54.7 Å². The fourth-order valence-corrected chi connectivity index (χ4v) is 12.0. The number of benzene rings is 11. The lowest BCUT2D eigenvalue weighted by Gasteiger charge is -2.28. The predicted octanol–water partition coefficient (Wildman–Crippen LogP) is 17.6. The van der Waals surface area contributed by atoms with Gasteiger partial charge in [-0.15, -0.1) is 0 Å². The number of hydrogen-bond donors (Lipinski definition) is 0. The lowest BCUT2D eigenvalue weighted by atomic mass is 9.79. The summed E-state index contributed by atoms with van der Waals surface area (Å²) in [6.07, 6.45) is 0. The summed E-state index contributed by atoms with van der Waals surface area (Å²) in [6.45, 7) is 0. The first kappa shape index (κ1) is 38.0. The molecule has 320 valence electrons. The zero-order chi connectivity index (χ0) is 45.2. The van der Waals surface area contributed by atoms with E-state index in [1.165, 1.54) is 98.9 Å². The van der Waals surface area contributed by atoms with E-state index in [-0.39, 0.29) is 0 Å². The van der Waals surface area contributed by atoms with Crippen LogP contribution < -0.4 is 0 Å². The molecule has 3 heterocycles. The van der Waals surface area contributed by atoms with Crippen molar-refractivity contribution in [1.29, 1.82) is 0 Å². The molecule has 0 unspecified atom stereocenters. The Kier molecular flexibility index (Phi) is 8.07. The van der Waals surface area contributed by atoms with E-state index in [1.807, 2.05) is 0 Å². The van der Waals surface area contributed by atoms with Crippen LogP contribution in [0.3, 0.4) is 0 Å². The van der Waals surface area contributed by atoms with E-state index in [9.17, 15) is 0 Å². The summed E-state index contributed by atoms with van der Waals surface area (Å²) in [5.74, 6) is 0. The van der Waals surface area contributed by atoms with Crippen molar-refractivity contribution in [3.8, 4) is 72.7 Å². The summed E-state index contributed by atoms with van der Waals surface area (Å²) in [4.78, 5) is 0. The van der Waals surface area contributed by atoms with Crippen molar-refractivity contribution in [3.05, 3.63) is 249 Å². The Hall–Kier alpha value is -9.18. The smallest absolute Gasteiger partial charge is 0.0626 e. The van der Waals surface area contributed by atoms with E-state index in [2.05, 4.69) is 262 Å². The third kappa shape index (κ3) is 5.38. The van der Waals surface area contributed by atoms with Crippen LogP contribution in [0.2, 0.25) is 0 Å². The maximum atomic E-state index is 2.59. The van der Waals surface area contributed by atoms with Crippen LogP contribution in [-0.2, 0) is 0 Å². The average molecular weight is 876 g/mol. The van der Waals surface area contributed by atoms with Gasteiger partial charge < -0.3 is 13.7 Å². The molecule has 0 aliphatic heterocycles. The van der Waals surface area contributed by atoms with E-state index < -0.39 is 0 Å². The monoisotopic (exact) mass is 875 g/mol. The minimum absolute atomic E-state index is 1.13. The van der Waals surface area contributed by atoms with Gasteiger partial charge in [-0.05, 0) is 93.5 Å². The number of hydrogen-bond acceptors (Lipinski definition) is 0. The fourth-order valence-electron chi connectivity index (χ4n) is 12.0.